The first-order valence-electron chi connectivity index (χ1n) is 12.3. The summed E-state index contributed by atoms with van der Waals surface area (Å²) in [5, 5.41) is 3.67. The summed E-state index contributed by atoms with van der Waals surface area (Å²) in [6.07, 6.45) is 1.85. The number of nitrogens with zero attached hydrogens (tertiary/aromatic N) is 2. The van der Waals surface area contributed by atoms with E-state index in [0.717, 1.165) is 44.3 Å². The molecule has 2 nitrogen and oxygen atoms in total. The van der Waals surface area contributed by atoms with E-state index in [2.05, 4.69) is 11.8 Å². The Morgan fingerprint density at radius 1 is 1.11 bits per heavy atom. The number of likely N-dealkylation sites (N-methyl/N-ethyl adjacent to an activating group) is 1. The van der Waals surface area contributed by atoms with Crippen molar-refractivity contribution in [2.24, 2.45) is 5.92 Å². The zero-order chi connectivity index (χ0) is 27.0. The van der Waals surface area contributed by atoms with Crippen molar-refractivity contribution >= 4 is 40.9 Å². The van der Waals surface area contributed by atoms with Gasteiger partial charge in [0.1, 0.15) is 0 Å². The number of hydrogen-bond acceptors (Lipinski definition) is 4. The van der Waals surface area contributed by atoms with Crippen LogP contribution in [0.15, 0.2) is 67.7 Å². The molecule has 1 fully saturated rings. The van der Waals surface area contributed by atoms with Crippen molar-refractivity contribution in [3.05, 3.63) is 96.1 Å². The first-order chi connectivity index (χ1) is 18.2. The lowest BCUT2D eigenvalue weighted by Gasteiger charge is -2.17. The smallest absolute Gasteiger partial charge is 0.364 e. The van der Waals surface area contributed by atoms with E-state index in [9.17, 15) is 22.0 Å². The quantitative estimate of drug-likeness (QED) is 0.226. The van der Waals surface area contributed by atoms with Crippen LogP contribution in [0.4, 0.5) is 22.0 Å². The Labute approximate surface area is 231 Å². The molecular formula is C28H26F5N2S3+. The van der Waals surface area contributed by atoms with Crippen molar-refractivity contribution in [2.45, 2.75) is 43.8 Å². The van der Waals surface area contributed by atoms with Gasteiger partial charge in [0, 0.05) is 22.4 Å². The van der Waals surface area contributed by atoms with Gasteiger partial charge >= 0.3 is 6.18 Å². The highest BCUT2D eigenvalue weighted by atomic mass is 32.2. The Morgan fingerprint density at radius 2 is 1.89 bits per heavy atom. The van der Waals surface area contributed by atoms with Crippen LogP contribution in [0.25, 0.3) is 6.08 Å². The van der Waals surface area contributed by atoms with E-state index in [1.165, 1.54) is 41.3 Å². The van der Waals surface area contributed by atoms with Crippen molar-refractivity contribution in [2.75, 3.05) is 13.6 Å². The van der Waals surface area contributed by atoms with Crippen molar-refractivity contribution in [3.8, 4) is 0 Å². The topological polar surface area (TPSA) is 7.12 Å². The minimum absolute atomic E-state index is 0.107. The number of hydrogen-bond donors (Lipinski definition) is 0. The molecule has 2 aliphatic heterocycles. The van der Waals surface area contributed by atoms with Gasteiger partial charge in [0.2, 0.25) is 0 Å². The van der Waals surface area contributed by atoms with Crippen LogP contribution in [0.1, 0.15) is 41.5 Å². The Balaban J connectivity index is 1.45. The second kappa shape index (κ2) is 11.1. The molecule has 0 saturated carbocycles. The van der Waals surface area contributed by atoms with Crippen molar-refractivity contribution in [3.63, 3.8) is 0 Å². The third-order valence-corrected chi connectivity index (χ3v) is 10.5. The normalized spacial score (nSPS) is 21.2. The third-order valence-electron chi connectivity index (χ3n) is 6.85. The Bertz CT molecular complexity index is 1410. The number of aromatic nitrogens is 1. The van der Waals surface area contributed by atoms with Gasteiger partial charge < -0.3 is 4.90 Å². The highest BCUT2D eigenvalue weighted by molar-refractivity contribution is 8.09. The van der Waals surface area contributed by atoms with E-state index in [1.807, 2.05) is 23.1 Å². The minimum atomic E-state index is -4.42. The van der Waals surface area contributed by atoms with E-state index in [0.29, 0.717) is 17.9 Å². The molecule has 0 bridgehead atoms. The second-order valence-electron chi connectivity index (χ2n) is 9.35. The average molecular weight is 582 g/mol. The lowest BCUT2D eigenvalue weighted by atomic mass is 9.96. The van der Waals surface area contributed by atoms with Crippen LogP contribution in [-0.2, 0) is 19.1 Å². The van der Waals surface area contributed by atoms with E-state index in [1.54, 1.807) is 30.1 Å². The van der Waals surface area contributed by atoms with Crippen LogP contribution < -0.4 is 4.57 Å². The summed E-state index contributed by atoms with van der Waals surface area (Å²) < 4.78 is 71.2. The van der Waals surface area contributed by atoms with E-state index >= 15 is 0 Å². The van der Waals surface area contributed by atoms with Crippen molar-refractivity contribution in [1.82, 2.24) is 4.90 Å². The molecule has 200 valence electrons. The number of allylic oxidation sites excluding steroid dienone is 1. The van der Waals surface area contributed by atoms with Crippen LogP contribution in [0.2, 0.25) is 0 Å². The second-order valence-corrected chi connectivity index (χ2v) is 12.4. The fraction of sp³-hybridized carbons (Fsp3) is 0.321. The number of fused-ring (bicyclic) bond motifs is 1. The fourth-order valence-corrected chi connectivity index (χ4v) is 8.41. The largest absolute Gasteiger partial charge is 0.416 e. The lowest BCUT2D eigenvalue weighted by Crippen LogP contribution is -2.35. The Morgan fingerprint density at radius 3 is 2.66 bits per heavy atom. The number of rotatable bonds is 4. The maximum absolute atomic E-state index is 14.8. The number of benzene rings is 2. The van der Waals surface area contributed by atoms with Gasteiger partial charge in [-0.1, -0.05) is 66.0 Å². The zero-order valence-electron chi connectivity index (χ0n) is 20.8. The zero-order valence-corrected chi connectivity index (χ0v) is 23.3. The van der Waals surface area contributed by atoms with Gasteiger partial charge in [-0.05, 0) is 42.9 Å². The monoisotopic (exact) mass is 581 g/mol. The molecule has 3 aromatic rings. The molecule has 38 heavy (non-hydrogen) atoms. The summed E-state index contributed by atoms with van der Waals surface area (Å²) in [5.41, 5.74) is 0.428. The van der Waals surface area contributed by atoms with Crippen LogP contribution in [-0.4, -0.2) is 18.5 Å². The number of thiazole rings is 1. The molecule has 1 atom stereocenters. The van der Waals surface area contributed by atoms with Gasteiger partial charge in [0.05, 0.1) is 33.5 Å². The number of halogens is 5. The Kier molecular flexibility index (Phi) is 7.94. The summed E-state index contributed by atoms with van der Waals surface area (Å²) in [6, 6.07) is 8.54. The molecule has 0 N–H and O–H groups in total. The highest BCUT2D eigenvalue weighted by Gasteiger charge is 2.35. The molecule has 2 aliphatic rings. The molecule has 1 saturated heterocycles. The highest BCUT2D eigenvalue weighted by Crippen LogP contribution is 2.50. The number of aryl methyl sites for hydroxylation is 1. The molecule has 0 spiro atoms. The summed E-state index contributed by atoms with van der Waals surface area (Å²) in [7, 11) is 1.97. The standard InChI is InChI=1S/C28H26F5N2S3/c1-3-17-8-9-18-10-11-21(29)25(30)27(18)38-26(17)22-16-34(2)23(37-22)14-24-35(12-13-36-24)15-19-6-4-5-7-20(19)28(31,32)33/h4-7,10-14,17H,3,8-9,15-16H2,1-2H3/q+1. The number of alkyl halides is 3. The molecular weight excluding hydrogens is 556 g/mol. The molecule has 1 aromatic heterocycles. The average Bonchev–Trinajstić information content (AvgIpc) is 3.41. The van der Waals surface area contributed by atoms with Crippen LogP contribution in [0.3, 0.4) is 0 Å². The van der Waals surface area contributed by atoms with Gasteiger partial charge in [0.15, 0.2) is 24.4 Å². The first-order valence-corrected chi connectivity index (χ1v) is 14.8. The maximum Gasteiger partial charge on any atom is 0.416 e. The summed E-state index contributed by atoms with van der Waals surface area (Å²) >= 11 is 4.42. The van der Waals surface area contributed by atoms with E-state index in [-0.39, 0.29) is 18.0 Å². The fourth-order valence-electron chi connectivity index (χ4n) is 4.79. The third kappa shape index (κ3) is 5.53. The van der Waals surface area contributed by atoms with Gasteiger partial charge in [-0.2, -0.15) is 17.7 Å². The van der Waals surface area contributed by atoms with Crippen LogP contribution >= 0.6 is 34.9 Å². The molecule has 0 amide bonds. The van der Waals surface area contributed by atoms with Gasteiger partial charge in [-0.25, -0.2) is 8.78 Å². The SMILES string of the molecule is CCC1CCc2ccc(F)c(F)c2SC1=C1CN(C)C(=Cc2scc[n+]2Cc2ccccc2C(F)(F)F)S1. The summed E-state index contributed by atoms with van der Waals surface area (Å²) in [4.78, 5) is 4.66. The molecule has 0 radical (unpaired) electrons. The first kappa shape index (κ1) is 27.3. The Hall–Kier alpha value is -2.30. The molecule has 3 heterocycles. The minimum Gasteiger partial charge on any atom is -0.364 e. The number of thioether (sulfide) groups is 2. The van der Waals surface area contributed by atoms with E-state index in [4.69, 9.17) is 0 Å². The van der Waals surface area contributed by atoms with Crippen molar-refractivity contribution < 1.29 is 26.5 Å². The van der Waals surface area contributed by atoms with Crippen LogP contribution in [0.5, 0.6) is 0 Å². The van der Waals surface area contributed by atoms with Gasteiger partial charge in [0.25, 0.3) is 5.01 Å². The molecule has 0 aliphatic carbocycles. The van der Waals surface area contributed by atoms with Gasteiger partial charge in [-0.3, -0.25) is 0 Å². The van der Waals surface area contributed by atoms with Gasteiger partial charge in [-0.15, -0.1) is 0 Å². The summed E-state index contributed by atoms with van der Waals surface area (Å²) in [5.74, 6) is -1.37. The maximum atomic E-state index is 14.8. The molecule has 1 unspecified atom stereocenters. The molecule has 10 heteroatoms. The predicted octanol–water partition coefficient (Wildman–Crippen LogP) is 8.33. The lowest BCUT2D eigenvalue weighted by molar-refractivity contribution is -0.685. The molecule has 2 aromatic carbocycles. The molecule has 5 rings (SSSR count). The van der Waals surface area contributed by atoms with Crippen LogP contribution in [0, 0.1) is 17.6 Å². The summed E-state index contributed by atoms with van der Waals surface area (Å²) in [6.45, 7) is 2.87. The van der Waals surface area contributed by atoms with E-state index < -0.39 is 23.4 Å². The predicted molar refractivity (Wildman–Crippen MR) is 145 cm³/mol. The van der Waals surface area contributed by atoms with Crippen molar-refractivity contribution in [1.29, 1.82) is 0 Å².